The molecule has 4 N–H and O–H groups in total. The van der Waals surface area contributed by atoms with Crippen LogP contribution >= 0.6 is 0 Å². The van der Waals surface area contributed by atoms with E-state index in [0.29, 0.717) is 24.2 Å². The molecule has 0 spiro atoms. The molecule has 3 aromatic rings. The van der Waals surface area contributed by atoms with Crippen LogP contribution < -0.4 is 10.9 Å². The van der Waals surface area contributed by atoms with Crippen LogP contribution in [0.15, 0.2) is 24.3 Å². The summed E-state index contributed by atoms with van der Waals surface area (Å²) in [5.74, 6) is 1.17. The van der Waals surface area contributed by atoms with Gasteiger partial charge in [0, 0.05) is 17.8 Å². The van der Waals surface area contributed by atoms with Crippen molar-refractivity contribution in [1.29, 1.82) is 0 Å². The number of pyridine rings is 1. The van der Waals surface area contributed by atoms with E-state index in [9.17, 15) is 8.42 Å². The van der Waals surface area contributed by atoms with Crippen LogP contribution in [0.25, 0.3) is 21.9 Å². The molecule has 24 heavy (non-hydrogen) atoms. The number of imidazole rings is 1. The van der Waals surface area contributed by atoms with Gasteiger partial charge in [0.1, 0.15) is 11.3 Å². The first-order valence-corrected chi connectivity index (χ1v) is 9.59. The van der Waals surface area contributed by atoms with Crippen molar-refractivity contribution in [2.75, 3.05) is 11.5 Å². The molecule has 1 atom stereocenters. The fraction of sp³-hybridized carbons (Fsp3) is 0.375. The van der Waals surface area contributed by atoms with Crippen molar-refractivity contribution in [3.05, 3.63) is 30.1 Å². The summed E-state index contributed by atoms with van der Waals surface area (Å²) in [7, 11) is -3.50. The second kappa shape index (κ2) is 6.03. The zero-order chi connectivity index (χ0) is 17.5. The van der Waals surface area contributed by atoms with Gasteiger partial charge in [0.15, 0.2) is 5.82 Å². The largest absolute Gasteiger partial charge is 0.382 e. The lowest BCUT2D eigenvalue weighted by Gasteiger charge is -2.17. The van der Waals surface area contributed by atoms with Crippen LogP contribution in [0, 0.1) is 0 Å². The Labute approximate surface area is 140 Å². The van der Waals surface area contributed by atoms with Gasteiger partial charge in [-0.15, -0.1) is 0 Å². The van der Waals surface area contributed by atoms with Gasteiger partial charge in [0.05, 0.1) is 16.8 Å². The molecule has 7 nitrogen and oxygen atoms in total. The average molecular weight is 347 g/mol. The highest BCUT2D eigenvalue weighted by Crippen LogP contribution is 2.32. The number of hydrogen-bond acceptors (Lipinski definition) is 5. The summed E-state index contributed by atoms with van der Waals surface area (Å²) in [4.78, 5) is 9.06. The highest BCUT2D eigenvalue weighted by Gasteiger charge is 2.20. The molecular weight excluding hydrogens is 326 g/mol. The number of para-hydroxylation sites is 1. The summed E-state index contributed by atoms with van der Waals surface area (Å²) >= 11 is 0. The zero-order valence-corrected chi connectivity index (χ0v) is 14.5. The van der Waals surface area contributed by atoms with Crippen LogP contribution in [-0.2, 0) is 16.4 Å². The van der Waals surface area contributed by atoms with E-state index in [1.807, 2.05) is 38.1 Å². The standard InChI is InChI=1S/C16H21N5O2S/c1-3-13-20-14-15(21(13)10(2)8-9-24(18,22)23)11-6-4-5-7-12(11)19-16(14)17/h4-7,10H,3,8-9H2,1-2H3,(H2,17,19)(H2,18,22,23). The monoisotopic (exact) mass is 347 g/mol. The Bertz CT molecular complexity index is 1010. The predicted octanol–water partition coefficient (Wildman–Crippen LogP) is 1.97. The molecule has 0 amide bonds. The first-order chi connectivity index (χ1) is 11.3. The molecule has 0 bridgehead atoms. The molecule has 128 valence electrons. The number of fused-ring (bicyclic) bond motifs is 3. The van der Waals surface area contributed by atoms with E-state index >= 15 is 0 Å². The Morgan fingerprint density at radius 1 is 1.25 bits per heavy atom. The summed E-state index contributed by atoms with van der Waals surface area (Å²) in [5, 5.41) is 6.11. The molecule has 0 fully saturated rings. The van der Waals surface area contributed by atoms with Crippen LogP contribution in [0.5, 0.6) is 0 Å². The number of sulfonamides is 1. The minimum atomic E-state index is -3.50. The highest BCUT2D eigenvalue weighted by molar-refractivity contribution is 7.89. The van der Waals surface area contributed by atoms with Crippen molar-refractivity contribution in [3.63, 3.8) is 0 Å². The number of hydrogen-bond donors (Lipinski definition) is 2. The van der Waals surface area contributed by atoms with E-state index in [4.69, 9.17) is 10.9 Å². The summed E-state index contributed by atoms with van der Waals surface area (Å²) in [6, 6.07) is 7.66. The predicted molar refractivity (Wildman–Crippen MR) is 96.1 cm³/mol. The van der Waals surface area contributed by atoms with E-state index in [0.717, 1.165) is 22.2 Å². The van der Waals surface area contributed by atoms with Crippen molar-refractivity contribution in [2.24, 2.45) is 5.14 Å². The van der Waals surface area contributed by atoms with Crippen LogP contribution in [0.4, 0.5) is 5.82 Å². The maximum absolute atomic E-state index is 11.3. The van der Waals surface area contributed by atoms with E-state index in [1.165, 1.54) is 0 Å². The minimum Gasteiger partial charge on any atom is -0.382 e. The molecule has 2 heterocycles. The molecule has 3 rings (SSSR count). The lowest BCUT2D eigenvalue weighted by molar-refractivity contribution is 0.518. The van der Waals surface area contributed by atoms with Gasteiger partial charge in [-0.2, -0.15) is 0 Å². The Hall–Kier alpha value is -2.19. The Balaban J connectivity index is 2.25. The Morgan fingerprint density at radius 2 is 1.96 bits per heavy atom. The van der Waals surface area contributed by atoms with E-state index in [2.05, 4.69) is 14.5 Å². The summed E-state index contributed by atoms with van der Waals surface area (Å²) < 4.78 is 24.7. The number of aromatic nitrogens is 3. The number of nitrogen functional groups attached to an aromatic ring is 1. The molecular formula is C16H21N5O2S. The van der Waals surface area contributed by atoms with Crippen molar-refractivity contribution in [1.82, 2.24) is 14.5 Å². The first kappa shape index (κ1) is 16.7. The maximum Gasteiger partial charge on any atom is 0.209 e. The first-order valence-electron chi connectivity index (χ1n) is 7.87. The molecule has 0 aliphatic rings. The third-order valence-electron chi connectivity index (χ3n) is 4.20. The molecule has 0 aliphatic carbocycles. The third kappa shape index (κ3) is 2.94. The van der Waals surface area contributed by atoms with Crippen molar-refractivity contribution < 1.29 is 8.42 Å². The second-order valence-corrected chi connectivity index (χ2v) is 7.70. The van der Waals surface area contributed by atoms with Gasteiger partial charge in [0.2, 0.25) is 10.0 Å². The molecule has 1 unspecified atom stereocenters. The zero-order valence-electron chi connectivity index (χ0n) is 13.7. The smallest absolute Gasteiger partial charge is 0.209 e. The van der Waals surface area contributed by atoms with E-state index in [-0.39, 0.29) is 11.8 Å². The van der Waals surface area contributed by atoms with Crippen LogP contribution in [-0.4, -0.2) is 28.7 Å². The molecule has 0 saturated heterocycles. The topological polar surface area (TPSA) is 117 Å². The Kier molecular flexibility index (Phi) is 4.18. The molecule has 0 saturated carbocycles. The number of rotatable bonds is 5. The van der Waals surface area contributed by atoms with E-state index < -0.39 is 10.0 Å². The number of nitrogens with zero attached hydrogens (tertiary/aromatic N) is 3. The molecule has 1 aromatic carbocycles. The number of nitrogens with two attached hydrogens (primary N) is 2. The van der Waals surface area contributed by atoms with Gasteiger partial charge >= 0.3 is 0 Å². The van der Waals surface area contributed by atoms with Gasteiger partial charge in [0.25, 0.3) is 0 Å². The van der Waals surface area contributed by atoms with Crippen molar-refractivity contribution >= 4 is 37.8 Å². The highest BCUT2D eigenvalue weighted by atomic mass is 32.2. The number of aryl methyl sites for hydroxylation is 1. The minimum absolute atomic E-state index is 0.0739. The molecule has 8 heteroatoms. The molecule has 2 aromatic heterocycles. The van der Waals surface area contributed by atoms with Gasteiger partial charge in [-0.1, -0.05) is 25.1 Å². The third-order valence-corrected chi connectivity index (χ3v) is 5.01. The normalized spacial score (nSPS) is 13.6. The summed E-state index contributed by atoms with van der Waals surface area (Å²) in [6.45, 7) is 3.98. The molecule has 0 radical (unpaired) electrons. The van der Waals surface area contributed by atoms with Gasteiger partial charge < -0.3 is 10.3 Å². The van der Waals surface area contributed by atoms with Crippen molar-refractivity contribution in [2.45, 2.75) is 32.7 Å². The van der Waals surface area contributed by atoms with Crippen molar-refractivity contribution in [3.8, 4) is 0 Å². The van der Waals surface area contributed by atoms with Gasteiger partial charge in [-0.05, 0) is 19.4 Å². The lowest BCUT2D eigenvalue weighted by Crippen LogP contribution is -2.20. The number of primary sulfonamides is 1. The Morgan fingerprint density at radius 3 is 2.62 bits per heavy atom. The van der Waals surface area contributed by atoms with Crippen LogP contribution in [0.2, 0.25) is 0 Å². The fourth-order valence-electron chi connectivity index (χ4n) is 3.06. The maximum atomic E-state index is 11.3. The molecule has 0 aliphatic heterocycles. The quantitative estimate of drug-likeness (QED) is 0.732. The van der Waals surface area contributed by atoms with E-state index in [1.54, 1.807) is 0 Å². The number of benzene rings is 1. The van der Waals surface area contributed by atoms with Gasteiger partial charge in [-0.25, -0.2) is 23.5 Å². The van der Waals surface area contributed by atoms with Crippen LogP contribution in [0.3, 0.4) is 0 Å². The summed E-state index contributed by atoms with van der Waals surface area (Å²) in [5.41, 5.74) is 8.46. The average Bonchev–Trinajstić information content (AvgIpc) is 2.92. The second-order valence-electron chi connectivity index (χ2n) is 5.97. The van der Waals surface area contributed by atoms with Crippen LogP contribution in [0.1, 0.15) is 32.1 Å². The lowest BCUT2D eigenvalue weighted by atomic mass is 10.1. The fourth-order valence-corrected chi connectivity index (χ4v) is 3.73. The number of anilines is 1. The van der Waals surface area contributed by atoms with Gasteiger partial charge in [-0.3, -0.25) is 0 Å². The SMILES string of the molecule is CCc1nc2c(N)nc3ccccc3c2n1C(C)CCS(N)(=O)=O. The summed E-state index contributed by atoms with van der Waals surface area (Å²) in [6.07, 6.45) is 1.12.